The molecule has 0 aliphatic carbocycles. The molecule has 0 bridgehead atoms. The van der Waals surface area contributed by atoms with Crippen LogP contribution in [0, 0.1) is 5.92 Å². The molecule has 0 radical (unpaired) electrons. The highest BCUT2D eigenvalue weighted by atomic mass is 16.5. The summed E-state index contributed by atoms with van der Waals surface area (Å²) < 4.78 is 7.07. The summed E-state index contributed by atoms with van der Waals surface area (Å²) in [4.78, 5) is 0. The van der Waals surface area contributed by atoms with E-state index in [0.717, 1.165) is 31.6 Å². The molecule has 0 spiro atoms. The van der Waals surface area contributed by atoms with Crippen molar-refractivity contribution in [2.45, 2.75) is 39.2 Å². The van der Waals surface area contributed by atoms with E-state index in [-0.39, 0.29) is 6.04 Å². The van der Waals surface area contributed by atoms with E-state index in [0.29, 0.717) is 5.92 Å². The largest absolute Gasteiger partial charge is 0.384 e. The first-order valence-corrected chi connectivity index (χ1v) is 6.33. The third kappa shape index (κ3) is 4.48. The van der Waals surface area contributed by atoms with Crippen LogP contribution in [0.25, 0.3) is 0 Å². The minimum atomic E-state index is 0.181. The van der Waals surface area contributed by atoms with Crippen LogP contribution in [0.2, 0.25) is 0 Å². The van der Waals surface area contributed by atoms with Gasteiger partial charge in [0.15, 0.2) is 0 Å². The first-order valence-electron chi connectivity index (χ1n) is 6.33. The highest BCUT2D eigenvalue weighted by molar-refractivity contribution is 5.11. The molecule has 2 atom stereocenters. The van der Waals surface area contributed by atoms with E-state index in [9.17, 15) is 0 Å². The van der Waals surface area contributed by atoms with Gasteiger partial charge in [0.05, 0.1) is 5.69 Å². The Labute approximate surface area is 104 Å². The van der Waals surface area contributed by atoms with Crippen LogP contribution >= 0.6 is 0 Å². The standard InChI is InChI=1S/C13H25N3O/c1-5-12-8-13(16(3)15-12)7-11(14)6-10(2)9-17-4/h8,10-11H,5-7,9,14H2,1-4H3. The summed E-state index contributed by atoms with van der Waals surface area (Å²) in [5.41, 5.74) is 8.52. The predicted molar refractivity (Wildman–Crippen MR) is 69.9 cm³/mol. The molecule has 1 rings (SSSR count). The number of nitrogens with zero attached hydrogens (tertiary/aromatic N) is 2. The number of hydrogen-bond donors (Lipinski definition) is 1. The average molecular weight is 239 g/mol. The molecule has 0 saturated carbocycles. The summed E-state index contributed by atoms with van der Waals surface area (Å²) in [7, 11) is 3.72. The SMILES string of the molecule is CCc1cc(CC(N)CC(C)COC)n(C)n1. The monoisotopic (exact) mass is 239 g/mol. The van der Waals surface area contributed by atoms with Crippen LogP contribution in [0.5, 0.6) is 0 Å². The fraction of sp³-hybridized carbons (Fsp3) is 0.769. The lowest BCUT2D eigenvalue weighted by Crippen LogP contribution is -2.27. The van der Waals surface area contributed by atoms with E-state index in [4.69, 9.17) is 10.5 Å². The minimum absolute atomic E-state index is 0.181. The Morgan fingerprint density at radius 2 is 2.24 bits per heavy atom. The van der Waals surface area contributed by atoms with Gasteiger partial charge in [-0.15, -0.1) is 0 Å². The molecule has 1 aromatic rings. The number of methoxy groups -OCH3 is 1. The van der Waals surface area contributed by atoms with Crippen molar-refractivity contribution in [2.75, 3.05) is 13.7 Å². The molecule has 1 heterocycles. The molecule has 2 unspecified atom stereocenters. The number of ether oxygens (including phenoxy) is 1. The van der Waals surface area contributed by atoms with Gasteiger partial charge < -0.3 is 10.5 Å². The van der Waals surface area contributed by atoms with Crippen molar-refractivity contribution < 1.29 is 4.74 Å². The van der Waals surface area contributed by atoms with Crippen LogP contribution in [0.4, 0.5) is 0 Å². The van der Waals surface area contributed by atoms with Crippen LogP contribution in [0.3, 0.4) is 0 Å². The molecule has 1 aromatic heterocycles. The van der Waals surface area contributed by atoms with Crippen LogP contribution in [0.15, 0.2) is 6.07 Å². The maximum atomic E-state index is 6.16. The summed E-state index contributed by atoms with van der Waals surface area (Å²) >= 11 is 0. The predicted octanol–water partition coefficient (Wildman–Crippen LogP) is 1.52. The average Bonchev–Trinajstić information content (AvgIpc) is 2.59. The summed E-state index contributed by atoms with van der Waals surface area (Å²) in [5, 5.41) is 4.43. The third-order valence-corrected chi connectivity index (χ3v) is 3.02. The van der Waals surface area contributed by atoms with E-state index in [1.165, 1.54) is 5.69 Å². The molecule has 0 amide bonds. The maximum Gasteiger partial charge on any atom is 0.0624 e. The summed E-state index contributed by atoms with van der Waals surface area (Å²) in [5.74, 6) is 0.508. The van der Waals surface area contributed by atoms with Gasteiger partial charge in [0.1, 0.15) is 0 Å². The number of rotatable bonds is 7. The molecule has 4 heteroatoms. The molecule has 0 fully saturated rings. The quantitative estimate of drug-likeness (QED) is 0.785. The molecular weight excluding hydrogens is 214 g/mol. The molecule has 17 heavy (non-hydrogen) atoms. The lowest BCUT2D eigenvalue weighted by atomic mass is 9.99. The van der Waals surface area contributed by atoms with Gasteiger partial charge >= 0.3 is 0 Å². The number of aryl methyl sites for hydroxylation is 2. The molecular formula is C13H25N3O. The molecule has 0 aromatic carbocycles. The zero-order valence-corrected chi connectivity index (χ0v) is 11.4. The van der Waals surface area contributed by atoms with E-state index in [1.54, 1.807) is 7.11 Å². The fourth-order valence-corrected chi connectivity index (χ4v) is 2.16. The lowest BCUT2D eigenvalue weighted by Gasteiger charge is -2.16. The molecule has 98 valence electrons. The van der Waals surface area contributed by atoms with Gasteiger partial charge in [-0.3, -0.25) is 4.68 Å². The Hall–Kier alpha value is -0.870. The normalized spacial score (nSPS) is 14.9. The van der Waals surface area contributed by atoms with Crippen LogP contribution in [0.1, 0.15) is 31.7 Å². The maximum absolute atomic E-state index is 6.16. The molecule has 0 aliphatic rings. The van der Waals surface area contributed by atoms with Gasteiger partial charge in [-0.2, -0.15) is 5.10 Å². The number of aromatic nitrogens is 2. The Morgan fingerprint density at radius 1 is 1.53 bits per heavy atom. The van der Waals surface area contributed by atoms with Gasteiger partial charge in [0.25, 0.3) is 0 Å². The van der Waals surface area contributed by atoms with Crippen LogP contribution < -0.4 is 5.73 Å². The van der Waals surface area contributed by atoms with Crippen molar-refractivity contribution in [2.24, 2.45) is 18.7 Å². The highest BCUT2D eigenvalue weighted by Gasteiger charge is 2.12. The topological polar surface area (TPSA) is 53.1 Å². The molecule has 2 N–H and O–H groups in total. The van der Waals surface area contributed by atoms with E-state index < -0.39 is 0 Å². The zero-order valence-electron chi connectivity index (χ0n) is 11.4. The molecule has 4 nitrogen and oxygen atoms in total. The second-order valence-electron chi connectivity index (χ2n) is 4.86. The van der Waals surface area contributed by atoms with Crippen molar-refractivity contribution in [1.29, 1.82) is 0 Å². The summed E-state index contributed by atoms with van der Waals surface area (Å²) in [6, 6.07) is 2.33. The third-order valence-electron chi connectivity index (χ3n) is 3.02. The van der Waals surface area contributed by atoms with Crippen molar-refractivity contribution in [1.82, 2.24) is 9.78 Å². The van der Waals surface area contributed by atoms with Crippen molar-refractivity contribution in [3.8, 4) is 0 Å². The Bertz CT molecular complexity index is 335. The molecule has 0 saturated heterocycles. The smallest absolute Gasteiger partial charge is 0.0624 e. The summed E-state index contributed by atoms with van der Waals surface area (Å²) in [6.45, 7) is 5.07. The van der Waals surface area contributed by atoms with E-state index >= 15 is 0 Å². The van der Waals surface area contributed by atoms with E-state index in [2.05, 4.69) is 25.0 Å². The van der Waals surface area contributed by atoms with Crippen LogP contribution in [-0.2, 0) is 24.6 Å². The number of hydrogen-bond acceptors (Lipinski definition) is 3. The van der Waals surface area contributed by atoms with Gasteiger partial charge in [0.2, 0.25) is 0 Å². The van der Waals surface area contributed by atoms with Crippen LogP contribution in [-0.4, -0.2) is 29.5 Å². The minimum Gasteiger partial charge on any atom is -0.384 e. The van der Waals surface area contributed by atoms with Gasteiger partial charge in [-0.05, 0) is 24.8 Å². The van der Waals surface area contributed by atoms with Gasteiger partial charge in [-0.1, -0.05) is 13.8 Å². The second kappa shape index (κ2) is 6.77. The number of nitrogens with two attached hydrogens (primary N) is 1. The lowest BCUT2D eigenvalue weighted by molar-refractivity contribution is 0.152. The Kier molecular flexibility index (Phi) is 5.65. The van der Waals surface area contributed by atoms with Crippen molar-refractivity contribution in [3.63, 3.8) is 0 Å². The van der Waals surface area contributed by atoms with Crippen molar-refractivity contribution in [3.05, 3.63) is 17.5 Å². The van der Waals surface area contributed by atoms with Gasteiger partial charge in [-0.25, -0.2) is 0 Å². The fourth-order valence-electron chi connectivity index (χ4n) is 2.16. The summed E-state index contributed by atoms with van der Waals surface area (Å²) in [6.07, 6.45) is 2.85. The van der Waals surface area contributed by atoms with Gasteiger partial charge in [0, 0.05) is 38.9 Å². The second-order valence-corrected chi connectivity index (χ2v) is 4.86. The first-order chi connectivity index (χ1) is 8.06. The highest BCUT2D eigenvalue weighted by Crippen LogP contribution is 2.11. The Balaban J connectivity index is 2.49. The molecule has 0 aliphatic heterocycles. The van der Waals surface area contributed by atoms with Crippen molar-refractivity contribution >= 4 is 0 Å². The Morgan fingerprint density at radius 3 is 2.76 bits per heavy atom. The first kappa shape index (κ1) is 14.2. The van der Waals surface area contributed by atoms with E-state index in [1.807, 2.05) is 11.7 Å². The zero-order chi connectivity index (χ0) is 12.8.